The molecule has 0 saturated carbocycles. The molecule has 0 aliphatic heterocycles. The average molecular weight is 474 g/mol. The Kier molecular flexibility index (Phi) is 7.45. The van der Waals surface area contributed by atoms with Gasteiger partial charge in [-0.05, 0) is 48.2 Å². The molecule has 0 radical (unpaired) electrons. The van der Waals surface area contributed by atoms with Crippen LogP contribution in [0, 0.1) is 0 Å². The summed E-state index contributed by atoms with van der Waals surface area (Å²) in [7, 11) is 0. The SMILES string of the molecule is CC(C)OC(=O)[C@H](CC(=O)Oc1ccccc1)NC(=O)OCC1c2ccccc2-c2ccccc21. The highest BCUT2D eigenvalue weighted by Gasteiger charge is 2.31. The molecule has 1 atom stereocenters. The minimum Gasteiger partial charge on any atom is -0.461 e. The normalized spacial score (nSPS) is 12.9. The molecule has 180 valence electrons. The van der Waals surface area contributed by atoms with Crippen LogP contribution < -0.4 is 10.1 Å². The van der Waals surface area contributed by atoms with Crippen molar-refractivity contribution >= 4 is 18.0 Å². The molecule has 3 aromatic rings. The third-order valence-corrected chi connectivity index (χ3v) is 5.62. The quantitative estimate of drug-likeness (QED) is 0.372. The lowest BCUT2D eigenvalue weighted by atomic mass is 9.98. The van der Waals surface area contributed by atoms with Crippen LogP contribution in [-0.2, 0) is 19.1 Å². The Labute approximate surface area is 204 Å². The summed E-state index contributed by atoms with van der Waals surface area (Å²) in [6.45, 7) is 3.45. The lowest BCUT2D eigenvalue weighted by Gasteiger charge is -2.19. The Morgan fingerprint density at radius 3 is 2.00 bits per heavy atom. The van der Waals surface area contributed by atoms with Crippen LogP contribution in [0.5, 0.6) is 5.75 Å². The fourth-order valence-corrected chi connectivity index (χ4v) is 4.12. The number of ether oxygens (including phenoxy) is 3. The Balaban J connectivity index is 1.41. The molecule has 1 N–H and O–H groups in total. The average Bonchev–Trinajstić information content (AvgIpc) is 3.16. The molecule has 0 spiro atoms. The number of esters is 2. The molecular formula is C28H27NO6. The molecule has 0 unspecified atom stereocenters. The van der Waals surface area contributed by atoms with Gasteiger partial charge in [0.1, 0.15) is 18.4 Å². The van der Waals surface area contributed by atoms with Gasteiger partial charge in [-0.3, -0.25) is 4.79 Å². The predicted octanol–water partition coefficient (Wildman–Crippen LogP) is 4.84. The summed E-state index contributed by atoms with van der Waals surface area (Å²) in [5.74, 6) is -1.20. The van der Waals surface area contributed by atoms with Crippen LogP contribution in [0.4, 0.5) is 4.79 Å². The summed E-state index contributed by atoms with van der Waals surface area (Å²) in [4.78, 5) is 37.6. The third-order valence-electron chi connectivity index (χ3n) is 5.62. The number of carbonyl (C=O) groups excluding carboxylic acids is 3. The maximum Gasteiger partial charge on any atom is 0.407 e. The topological polar surface area (TPSA) is 90.9 Å². The van der Waals surface area contributed by atoms with Gasteiger partial charge in [0.2, 0.25) is 0 Å². The molecule has 0 saturated heterocycles. The molecule has 7 nitrogen and oxygen atoms in total. The second kappa shape index (κ2) is 10.9. The zero-order chi connectivity index (χ0) is 24.8. The smallest absolute Gasteiger partial charge is 0.407 e. The highest BCUT2D eigenvalue weighted by atomic mass is 16.6. The van der Waals surface area contributed by atoms with Crippen molar-refractivity contribution in [2.45, 2.75) is 38.3 Å². The Bertz CT molecular complexity index is 1160. The molecule has 35 heavy (non-hydrogen) atoms. The molecule has 1 aliphatic rings. The first kappa shape index (κ1) is 24.0. The number of fused-ring (bicyclic) bond motifs is 3. The molecule has 1 aliphatic carbocycles. The van der Waals surface area contributed by atoms with Gasteiger partial charge in [0.05, 0.1) is 12.5 Å². The first-order chi connectivity index (χ1) is 16.9. The van der Waals surface area contributed by atoms with E-state index in [2.05, 4.69) is 5.32 Å². The second-order valence-corrected chi connectivity index (χ2v) is 8.50. The number of hydrogen-bond donors (Lipinski definition) is 1. The van der Waals surface area contributed by atoms with Gasteiger partial charge < -0.3 is 19.5 Å². The standard InChI is InChI=1S/C28H27NO6/c1-18(2)34-27(31)25(16-26(30)35-19-10-4-3-5-11-19)29-28(32)33-17-24-22-14-8-6-12-20(22)21-13-7-9-15-23(21)24/h3-15,18,24-25H,16-17H2,1-2H3,(H,29,32)/t25-/m0/s1. The molecule has 4 rings (SSSR count). The first-order valence-corrected chi connectivity index (χ1v) is 11.5. The van der Waals surface area contributed by atoms with Crippen LogP contribution in [0.2, 0.25) is 0 Å². The lowest BCUT2D eigenvalue weighted by molar-refractivity contribution is -0.152. The van der Waals surface area contributed by atoms with Crippen LogP contribution in [0.3, 0.4) is 0 Å². The molecule has 7 heteroatoms. The first-order valence-electron chi connectivity index (χ1n) is 11.5. The van der Waals surface area contributed by atoms with Crippen LogP contribution >= 0.6 is 0 Å². The third kappa shape index (κ3) is 5.87. The van der Waals surface area contributed by atoms with E-state index in [1.165, 1.54) is 0 Å². The Morgan fingerprint density at radius 2 is 1.40 bits per heavy atom. The molecular weight excluding hydrogens is 446 g/mol. The van der Waals surface area contributed by atoms with E-state index in [1.807, 2.05) is 48.5 Å². The van der Waals surface area contributed by atoms with Crippen molar-refractivity contribution in [2.75, 3.05) is 6.61 Å². The van der Waals surface area contributed by atoms with E-state index in [0.29, 0.717) is 5.75 Å². The lowest BCUT2D eigenvalue weighted by Crippen LogP contribution is -2.45. The minimum absolute atomic E-state index is 0.0836. The van der Waals surface area contributed by atoms with Crippen molar-refractivity contribution in [3.05, 3.63) is 90.0 Å². The Hall–Kier alpha value is -4.13. The molecule has 3 aromatic carbocycles. The highest BCUT2D eigenvalue weighted by Crippen LogP contribution is 2.44. The number of benzene rings is 3. The summed E-state index contributed by atoms with van der Waals surface area (Å²) in [5, 5.41) is 2.47. The maximum absolute atomic E-state index is 12.7. The van der Waals surface area contributed by atoms with E-state index >= 15 is 0 Å². The zero-order valence-electron chi connectivity index (χ0n) is 19.6. The van der Waals surface area contributed by atoms with Crippen molar-refractivity contribution in [1.82, 2.24) is 5.32 Å². The summed E-state index contributed by atoms with van der Waals surface area (Å²) < 4.78 is 16.0. The van der Waals surface area contributed by atoms with Crippen LogP contribution in [0.25, 0.3) is 11.1 Å². The van der Waals surface area contributed by atoms with Crippen molar-refractivity contribution < 1.29 is 28.6 Å². The van der Waals surface area contributed by atoms with Gasteiger partial charge >= 0.3 is 18.0 Å². The number of nitrogens with one attached hydrogen (secondary N) is 1. The zero-order valence-corrected chi connectivity index (χ0v) is 19.6. The maximum atomic E-state index is 12.7. The molecule has 0 bridgehead atoms. The van der Waals surface area contributed by atoms with Crippen molar-refractivity contribution in [3.63, 3.8) is 0 Å². The predicted molar refractivity (Wildman–Crippen MR) is 130 cm³/mol. The van der Waals surface area contributed by atoms with Gasteiger partial charge in [-0.2, -0.15) is 0 Å². The van der Waals surface area contributed by atoms with Gasteiger partial charge in [-0.25, -0.2) is 9.59 Å². The fraction of sp³-hybridized carbons (Fsp3) is 0.250. The minimum atomic E-state index is -1.25. The van der Waals surface area contributed by atoms with E-state index in [9.17, 15) is 14.4 Å². The molecule has 0 fully saturated rings. The Morgan fingerprint density at radius 1 is 0.829 bits per heavy atom. The summed E-state index contributed by atoms with van der Waals surface area (Å²) in [5.41, 5.74) is 4.37. The van der Waals surface area contributed by atoms with Gasteiger partial charge in [0, 0.05) is 5.92 Å². The summed E-state index contributed by atoms with van der Waals surface area (Å²) in [6.07, 6.45) is -1.63. The summed E-state index contributed by atoms with van der Waals surface area (Å²) in [6, 6.07) is 23.2. The highest BCUT2D eigenvalue weighted by molar-refractivity contribution is 5.87. The molecule has 0 aromatic heterocycles. The van der Waals surface area contributed by atoms with Gasteiger partial charge in [0.15, 0.2) is 0 Å². The van der Waals surface area contributed by atoms with Crippen molar-refractivity contribution in [3.8, 4) is 16.9 Å². The monoisotopic (exact) mass is 473 g/mol. The largest absolute Gasteiger partial charge is 0.461 e. The number of para-hydroxylation sites is 1. The van der Waals surface area contributed by atoms with Gasteiger partial charge in [0.25, 0.3) is 0 Å². The fourth-order valence-electron chi connectivity index (χ4n) is 4.12. The summed E-state index contributed by atoms with van der Waals surface area (Å²) >= 11 is 0. The van der Waals surface area contributed by atoms with E-state index in [0.717, 1.165) is 22.3 Å². The van der Waals surface area contributed by atoms with E-state index in [1.54, 1.807) is 44.2 Å². The number of rotatable bonds is 8. The van der Waals surface area contributed by atoms with Crippen LogP contribution in [0.15, 0.2) is 78.9 Å². The van der Waals surface area contributed by atoms with E-state index < -0.39 is 36.6 Å². The van der Waals surface area contributed by atoms with Gasteiger partial charge in [-0.15, -0.1) is 0 Å². The second-order valence-electron chi connectivity index (χ2n) is 8.50. The number of carbonyl (C=O) groups is 3. The van der Waals surface area contributed by atoms with Crippen LogP contribution in [0.1, 0.15) is 37.3 Å². The van der Waals surface area contributed by atoms with Crippen molar-refractivity contribution in [1.29, 1.82) is 0 Å². The molecule has 1 amide bonds. The molecule has 0 heterocycles. The van der Waals surface area contributed by atoms with Crippen LogP contribution in [-0.4, -0.2) is 36.8 Å². The van der Waals surface area contributed by atoms with Crippen molar-refractivity contribution in [2.24, 2.45) is 0 Å². The number of hydrogen-bond acceptors (Lipinski definition) is 6. The number of alkyl carbamates (subject to hydrolysis) is 1. The van der Waals surface area contributed by atoms with E-state index in [4.69, 9.17) is 14.2 Å². The van der Waals surface area contributed by atoms with E-state index in [-0.39, 0.29) is 12.5 Å². The number of amides is 1. The van der Waals surface area contributed by atoms with Gasteiger partial charge in [-0.1, -0.05) is 66.7 Å².